The molecule has 1 aromatic carbocycles. The summed E-state index contributed by atoms with van der Waals surface area (Å²) in [6.07, 6.45) is 4.40. The number of hydrogen-bond donors (Lipinski definition) is 2. The molecule has 0 saturated carbocycles. The van der Waals surface area contributed by atoms with Crippen molar-refractivity contribution in [3.63, 3.8) is 0 Å². The van der Waals surface area contributed by atoms with Crippen molar-refractivity contribution in [3.05, 3.63) is 46.9 Å². The van der Waals surface area contributed by atoms with Crippen molar-refractivity contribution < 1.29 is 0 Å². The number of pyridine rings is 1. The molecule has 6 heteroatoms. The highest BCUT2D eigenvalue weighted by atomic mass is 32.1. The lowest BCUT2D eigenvalue weighted by molar-refractivity contribution is 0.375. The van der Waals surface area contributed by atoms with Gasteiger partial charge < -0.3 is 10.6 Å². The third-order valence-corrected chi connectivity index (χ3v) is 7.18. The Labute approximate surface area is 160 Å². The van der Waals surface area contributed by atoms with E-state index in [1.165, 1.54) is 27.8 Å². The first kappa shape index (κ1) is 16.2. The van der Waals surface area contributed by atoms with Gasteiger partial charge in [-0.3, -0.25) is 0 Å². The second-order valence-corrected chi connectivity index (χ2v) is 8.83. The molecule has 1 aliphatic heterocycles. The third kappa shape index (κ3) is 2.88. The predicted molar refractivity (Wildman–Crippen MR) is 112 cm³/mol. The summed E-state index contributed by atoms with van der Waals surface area (Å²) in [5.41, 5.74) is 5.11. The van der Waals surface area contributed by atoms with Gasteiger partial charge in [0, 0.05) is 34.1 Å². The summed E-state index contributed by atoms with van der Waals surface area (Å²) >= 11 is 3.51. The molecule has 4 heterocycles. The molecule has 26 heavy (non-hydrogen) atoms. The van der Waals surface area contributed by atoms with Crippen LogP contribution < -0.4 is 10.6 Å². The highest BCUT2D eigenvalue weighted by Gasteiger charge is 2.24. The Bertz CT molecular complexity index is 1070. The van der Waals surface area contributed by atoms with Crippen molar-refractivity contribution in [1.29, 1.82) is 0 Å². The van der Waals surface area contributed by atoms with Gasteiger partial charge in [-0.1, -0.05) is 0 Å². The Morgan fingerprint density at radius 3 is 3.08 bits per heavy atom. The average molecular weight is 381 g/mol. The molecule has 1 aliphatic rings. The van der Waals surface area contributed by atoms with Gasteiger partial charge in [0.15, 0.2) is 0 Å². The standard InChI is InChI=1S/C20H20N4S2/c1-12-14(3-2-7-21-12)19-10-15-16(6-8-22-20(15)26-19)24-13-4-5-18-17(9-13)23-11-25-18/h4-6,8-12,14,21H,2-3,7H2,1H3,(H,22,24). The number of nitrogens with one attached hydrogen (secondary N) is 2. The zero-order valence-corrected chi connectivity index (χ0v) is 16.2. The topological polar surface area (TPSA) is 49.8 Å². The fraction of sp³-hybridized carbons (Fsp3) is 0.300. The van der Waals surface area contributed by atoms with Crippen molar-refractivity contribution in [2.45, 2.75) is 31.7 Å². The summed E-state index contributed by atoms with van der Waals surface area (Å²) in [5.74, 6) is 0.585. The van der Waals surface area contributed by atoms with Crippen LogP contribution in [0.5, 0.6) is 0 Å². The summed E-state index contributed by atoms with van der Waals surface area (Å²) < 4.78 is 1.21. The fourth-order valence-electron chi connectivity index (χ4n) is 3.77. The van der Waals surface area contributed by atoms with E-state index in [-0.39, 0.29) is 0 Å². The first-order chi connectivity index (χ1) is 12.8. The van der Waals surface area contributed by atoms with E-state index in [1.54, 1.807) is 11.3 Å². The minimum Gasteiger partial charge on any atom is -0.355 e. The van der Waals surface area contributed by atoms with Gasteiger partial charge in [0.05, 0.1) is 21.4 Å². The Morgan fingerprint density at radius 2 is 2.15 bits per heavy atom. The van der Waals surface area contributed by atoms with Crippen LogP contribution in [-0.4, -0.2) is 22.6 Å². The van der Waals surface area contributed by atoms with Crippen LogP contribution in [0.3, 0.4) is 0 Å². The van der Waals surface area contributed by atoms with Crippen LogP contribution in [0.4, 0.5) is 11.4 Å². The van der Waals surface area contributed by atoms with Crippen LogP contribution >= 0.6 is 22.7 Å². The summed E-state index contributed by atoms with van der Waals surface area (Å²) in [5, 5.41) is 8.39. The molecule has 5 rings (SSSR count). The second kappa shape index (κ2) is 6.61. The molecule has 2 N–H and O–H groups in total. The maximum absolute atomic E-state index is 4.61. The van der Waals surface area contributed by atoms with Crippen LogP contribution in [0.25, 0.3) is 20.4 Å². The first-order valence-electron chi connectivity index (χ1n) is 9.00. The first-order valence-corrected chi connectivity index (χ1v) is 10.7. The zero-order chi connectivity index (χ0) is 17.5. The van der Waals surface area contributed by atoms with Crippen molar-refractivity contribution in [1.82, 2.24) is 15.3 Å². The second-order valence-electron chi connectivity index (χ2n) is 6.88. The minimum atomic E-state index is 0.528. The van der Waals surface area contributed by atoms with Crippen molar-refractivity contribution in [2.75, 3.05) is 11.9 Å². The Kier molecular flexibility index (Phi) is 4.11. The van der Waals surface area contributed by atoms with Crippen LogP contribution in [0, 0.1) is 0 Å². The molecule has 0 spiro atoms. The predicted octanol–water partition coefficient (Wildman–Crippen LogP) is 5.51. The van der Waals surface area contributed by atoms with Crippen LogP contribution in [0.15, 0.2) is 42.0 Å². The van der Waals surface area contributed by atoms with E-state index in [0.717, 1.165) is 28.3 Å². The van der Waals surface area contributed by atoms with E-state index >= 15 is 0 Å². The number of piperidine rings is 1. The van der Waals surface area contributed by atoms with Gasteiger partial charge in [-0.2, -0.15) is 0 Å². The highest BCUT2D eigenvalue weighted by Crippen LogP contribution is 2.38. The fourth-order valence-corrected chi connectivity index (χ4v) is 5.70. The SMILES string of the molecule is CC1NCCCC1c1cc2c(Nc3ccc4scnc4c3)ccnc2s1. The number of nitrogens with zero attached hydrogens (tertiary/aromatic N) is 2. The van der Waals surface area contributed by atoms with Crippen molar-refractivity contribution in [3.8, 4) is 0 Å². The zero-order valence-electron chi connectivity index (χ0n) is 14.5. The van der Waals surface area contributed by atoms with Crippen molar-refractivity contribution >= 4 is 54.5 Å². The van der Waals surface area contributed by atoms with E-state index in [2.05, 4.69) is 57.9 Å². The molecule has 0 bridgehead atoms. The summed E-state index contributed by atoms with van der Waals surface area (Å²) in [7, 11) is 0. The monoisotopic (exact) mass is 380 g/mol. The van der Waals surface area contributed by atoms with Gasteiger partial charge in [0.2, 0.25) is 0 Å². The van der Waals surface area contributed by atoms with Gasteiger partial charge in [-0.05, 0) is 56.6 Å². The number of anilines is 2. The molecule has 0 amide bonds. The third-order valence-electron chi connectivity index (χ3n) is 5.19. The molecular formula is C20H20N4S2. The summed E-state index contributed by atoms with van der Waals surface area (Å²) in [6, 6.07) is 11.3. The highest BCUT2D eigenvalue weighted by molar-refractivity contribution is 7.18. The maximum atomic E-state index is 4.61. The molecule has 4 nitrogen and oxygen atoms in total. The number of benzene rings is 1. The average Bonchev–Trinajstić information content (AvgIpc) is 3.28. The number of aromatic nitrogens is 2. The lowest BCUT2D eigenvalue weighted by Gasteiger charge is -2.29. The smallest absolute Gasteiger partial charge is 0.125 e. The lowest BCUT2D eigenvalue weighted by Crippen LogP contribution is -2.37. The van der Waals surface area contributed by atoms with Gasteiger partial charge in [0.25, 0.3) is 0 Å². The number of thiophene rings is 1. The van der Waals surface area contributed by atoms with E-state index in [4.69, 9.17) is 0 Å². The summed E-state index contributed by atoms with van der Waals surface area (Å²) in [6.45, 7) is 3.43. The van der Waals surface area contributed by atoms with Gasteiger partial charge in [-0.25, -0.2) is 9.97 Å². The number of thiazole rings is 1. The molecule has 2 atom stereocenters. The van der Waals surface area contributed by atoms with E-state index < -0.39 is 0 Å². The largest absolute Gasteiger partial charge is 0.355 e. The molecule has 0 aliphatic carbocycles. The van der Waals surface area contributed by atoms with E-state index in [1.807, 2.05) is 23.0 Å². The van der Waals surface area contributed by atoms with Crippen molar-refractivity contribution in [2.24, 2.45) is 0 Å². The lowest BCUT2D eigenvalue weighted by atomic mass is 9.90. The van der Waals surface area contributed by atoms with Gasteiger partial charge in [-0.15, -0.1) is 22.7 Å². The summed E-state index contributed by atoms with van der Waals surface area (Å²) in [4.78, 5) is 11.6. The molecule has 1 fully saturated rings. The Hall–Kier alpha value is -2.02. The quantitative estimate of drug-likeness (QED) is 0.492. The number of rotatable bonds is 3. The molecule has 132 valence electrons. The van der Waals surface area contributed by atoms with E-state index in [9.17, 15) is 0 Å². The normalized spacial score (nSPS) is 20.7. The molecular weight excluding hydrogens is 360 g/mol. The molecule has 4 aromatic rings. The number of fused-ring (bicyclic) bond motifs is 2. The van der Waals surface area contributed by atoms with Crippen LogP contribution in [0.2, 0.25) is 0 Å². The molecule has 2 unspecified atom stereocenters. The minimum absolute atomic E-state index is 0.528. The maximum Gasteiger partial charge on any atom is 0.125 e. The van der Waals surface area contributed by atoms with E-state index in [0.29, 0.717) is 12.0 Å². The Morgan fingerprint density at radius 1 is 1.19 bits per heavy atom. The molecule has 0 radical (unpaired) electrons. The molecule has 3 aromatic heterocycles. The molecule has 1 saturated heterocycles. The van der Waals surface area contributed by atoms with Crippen LogP contribution in [-0.2, 0) is 0 Å². The van der Waals surface area contributed by atoms with Gasteiger partial charge in [0.1, 0.15) is 4.83 Å². The Balaban J connectivity index is 1.51. The number of hydrogen-bond acceptors (Lipinski definition) is 6. The van der Waals surface area contributed by atoms with Gasteiger partial charge >= 0.3 is 0 Å². The van der Waals surface area contributed by atoms with Crippen LogP contribution in [0.1, 0.15) is 30.6 Å².